The van der Waals surface area contributed by atoms with Crippen LogP contribution in [0.3, 0.4) is 0 Å². The van der Waals surface area contributed by atoms with E-state index in [1.165, 1.54) is 18.3 Å². The number of primary sulfonamides is 1. The molecule has 0 aliphatic rings. The monoisotopic (exact) mass is 264 g/mol. The summed E-state index contributed by atoms with van der Waals surface area (Å²) >= 11 is 1.27. The fourth-order valence-corrected chi connectivity index (χ4v) is 1.62. The number of aromatic nitrogens is 1. The third-order valence-electron chi connectivity index (χ3n) is 1.76. The summed E-state index contributed by atoms with van der Waals surface area (Å²) in [5.41, 5.74) is 0. The van der Waals surface area contributed by atoms with E-state index in [1.54, 1.807) is 11.6 Å². The lowest BCUT2D eigenvalue weighted by Crippen LogP contribution is -2.39. The SMILES string of the molecule is C[C@@H](CNC(=O)Nc1nccs1)S(N)(=O)=O. The van der Waals surface area contributed by atoms with Crippen molar-refractivity contribution in [2.24, 2.45) is 5.14 Å². The molecule has 1 rings (SSSR count). The number of carbonyl (C=O) groups is 1. The molecule has 0 saturated carbocycles. The Morgan fingerprint density at radius 1 is 1.69 bits per heavy atom. The minimum absolute atomic E-state index is 0.0456. The lowest BCUT2D eigenvalue weighted by atomic mass is 10.5. The van der Waals surface area contributed by atoms with Gasteiger partial charge in [0.25, 0.3) is 0 Å². The van der Waals surface area contributed by atoms with Crippen LogP contribution in [0.15, 0.2) is 11.6 Å². The van der Waals surface area contributed by atoms with Gasteiger partial charge in [-0.2, -0.15) is 0 Å². The Kier molecular flexibility index (Phi) is 4.21. The van der Waals surface area contributed by atoms with E-state index in [-0.39, 0.29) is 6.54 Å². The summed E-state index contributed by atoms with van der Waals surface area (Å²) < 4.78 is 21.7. The minimum atomic E-state index is -3.62. The van der Waals surface area contributed by atoms with E-state index in [2.05, 4.69) is 15.6 Å². The molecule has 0 aliphatic carbocycles. The fourth-order valence-electron chi connectivity index (χ4n) is 0.779. The number of thiazole rings is 1. The summed E-state index contributed by atoms with van der Waals surface area (Å²) in [5.74, 6) is 0. The van der Waals surface area contributed by atoms with E-state index in [9.17, 15) is 13.2 Å². The number of hydrogen-bond donors (Lipinski definition) is 3. The molecular weight excluding hydrogens is 252 g/mol. The van der Waals surface area contributed by atoms with Crippen molar-refractivity contribution in [3.8, 4) is 0 Å². The second-order valence-corrected chi connectivity index (χ2v) is 5.95. The van der Waals surface area contributed by atoms with Crippen LogP contribution < -0.4 is 15.8 Å². The van der Waals surface area contributed by atoms with Crippen LogP contribution in [0.5, 0.6) is 0 Å². The Bertz CT molecular complexity index is 442. The first-order chi connectivity index (χ1) is 7.39. The van der Waals surface area contributed by atoms with Gasteiger partial charge in [0.05, 0.1) is 5.25 Å². The highest BCUT2D eigenvalue weighted by atomic mass is 32.2. The van der Waals surface area contributed by atoms with E-state index in [1.807, 2.05) is 0 Å². The summed E-state index contributed by atoms with van der Waals surface area (Å²) in [7, 11) is -3.62. The van der Waals surface area contributed by atoms with Crippen molar-refractivity contribution in [1.29, 1.82) is 0 Å². The maximum Gasteiger partial charge on any atom is 0.321 e. The largest absolute Gasteiger partial charge is 0.336 e. The molecule has 4 N–H and O–H groups in total. The molecule has 2 amide bonds. The molecule has 1 atom stereocenters. The van der Waals surface area contributed by atoms with Crippen LogP contribution in [0.1, 0.15) is 6.92 Å². The molecule has 1 heterocycles. The first kappa shape index (κ1) is 12.9. The second-order valence-electron chi connectivity index (χ2n) is 3.07. The van der Waals surface area contributed by atoms with E-state index in [4.69, 9.17) is 5.14 Å². The Morgan fingerprint density at radius 3 is 2.88 bits per heavy atom. The average Bonchev–Trinajstić information content (AvgIpc) is 2.65. The highest BCUT2D eigenvalue weighted by molar-refractivity contribution is 7.89. The minimum Gasteiger partial charge on any atom is -0.336 e. The zero-order valence-corrected chi connectivity index (χ0v) is 10.1. The highest BCUT2D eigenvalue weighted by Crippen LogP contribution is 2.09. The van der Waals surface area contributed by atoms with E-state index >= 15 is 0 Å². The molecule has 90 valence electrons. The molecular formula is C7H12N4O3S2. The number of nitrogens with two attached hydrogens (primary N) is 1. The van der Waals surface area contributed by atoms with E-state index < -0.39 is 21.3 Å². The lowest BCUT2D eigenvalue weighted by Gasteiger charge is -2.10. The van der Waals surface area contributed by atoms with Gasteiger partial charge in [0, 0.05) is 18.1 Å². The van der Waals surface area contributed by atoms with Crippen LogP contribution in [0.25, 0.3) is 0 Å². The third kappa shape index (κ3) is 4.13. The fraction of sp³-hybridized carbons (Fsp3) is 0.429. The number of hydrogen-bond acceptors (Lipinski definition) is 5. The van der Waals surface area contributed by atoms with Crippen LogP contribution in [0.2, 0.25) is 0 Å². The van der Waals surface area contributed by atoms with Crippen molar-refractivity contribution in [3.05, 3.63) is 11.6 Å². The van der Waals surface area contributed by atoms with Gasteiger partial charge < -0.3 is 5.32 Å². The number of urea groups is 1. The van der Waals surface area contributed by atoms with Crippen LogP contribution in [-0.4, -0.2) is 31.2 Å². The van der Waals surface area contributed by atoms with Gasteiger partial charge in [-0.25, -0.2) is 23.3 Å². The molecule has 7 nitrogen and oxygen atoms in total. The molecule has 0 radical (unpaired) electrons. The first-order valence-electron chi connectivity index (χ1n) is 4.35. The van der Waals surface area contributed by atoms with Crippen LogP contribution in [-0.2, 0) is 10.0 Å². The van der Waals surface area contributed by atoms with Gasteiger partial charge in [0.1, 0.15) is 0 Å². The van der Waals surface area contributed by atoms with Crippen molar-refractivity contribution in [2.75, 3.05) is 11.9 Å². The molecule has 1 aromatic heterocycles. The maximum absolute atomic E-state index is 11.3. The van der Waals surface area contributed by atoms with Crippen LogP contribution >= 0.6 is 11.3 Å². The number of carbonyl (C=O) groups excluding carboxylic acids is 1. The van der Waals surface area contributed by atoms with Crippen LogP contribution in [0.4, 0.5) is 9.93 Å². The highest BCUT2D eigenvalue weighted by Gasteiger charge is 2.16. The maximum atomic E-state index is 11.3. The molecule has 9 heteroatoms. The normalized spacial score (nSPS) is 13.1. The number of nitrogens with zero attached hydrogens (tertiary/aromatic N) is 1. The number of sulfonamides is 1. The number of nitrogens with one attached hydrogen (secondary N) is 2. The van der Waals surface area contributed by atoms with Gasteiger partial charge in [-0.05, 0) is 6.92 Å². The number of amides is 2. The summed E-state index contributed by atoms with van der Waals surface area (Å²) in [6.45, 7) is 1.37. The molecule has 16 heavy (non-hydrogen) atoms. The Labute approximate surface area is 97.1 Å². The first-order valence-corrected chi connectivity index (χ1v) is 6.84. The Morgan fingerprint density at radius 2 is 2.38 bits per heavy atom. The average molecular weight is 264 g/mol. The van der Waals surface area contributed by atoms with Crippen molar-refractivity contribution >= 4 is 32.5 Å². The van der Waals surface area contributed by atoms with Gasteiger partial charge in [0.2, 0.25) is 10.0 Å². The van der Waals surface area contributed by atoms with Gasteiger partial charge in [0.15, 0.2) is 5.13 Å². The zero-order chi connectivity index (χ0) is 12.2. The predicted molar refractivity (Wildman–Crippen MR) is 61.7 cm³/mol. The molecule has 0 unspecified atom stereocenters. The smallest absolute Gasteiger partial charge is 0.321 e. The van der Waals surface area contributed by atoms with Crippen LogP contribution in [0, 0.1) is 0 Å². The van der Waals surface area contributed by atoms with E-state index in [0.717, 1.165) is 0 Å². The Balaban J connectivity index is 2.36. The summed E-state index contributed by atoms with van der Waals surface area (Å²) in [6.07, 6.45) is 1.55. The molecule has 0 aliphatic heterocycles. The van der Waals surface area contributed by atoms with Crippen molar-refractivity contribution in [2.45, 2.75) is 12.2 Å². The molecule has 0 fully saturated rings. The third-order valence-corrected chi connectivity index (χ3v) is 3.74. The summed E-state index contributed by atoms with van der Waals surface area (Å²) in [6, 6.07) is -0.509. The van der Waals surface area contributed by atoms with Gasteiger partial charge in [-0.1, -0.05) is 0 Å². The standard InChI is InChI=1S/C7H12N4O3S2/c1-5(16(8,13)14)4-10-6(12)11-7-9-2-3-15-7/h2-3,5H,4H2,1H3,(H2,8,13,14)(H2,9,10,11,12)/t5-/m0/s1. The second kappa shape index (κ2) is 5.23. The molecule has 1 aromatic rings. The topological polar surface area (TPSA) is 114 Å². The quantitative estimate of drug-likeness (QED) is 0.706. The van der Waals surface area contributed by atoms with Gasteiger partial charge in [-0.15, -0.1) is 11.3 Å². The summed E-state index contributed by atoms with van der Waals surface area (Å²) in [5, 5.41) is 11.1. The predicted octanol–water partition coefficient (Wildman–Crippen LogP) is -0.0584. The molecule has 0 saturated heterocycles. The van der Waals surface area contributed by atoms with Crippen molar-refractivity contribution in [1.82, 2.24) is 10.3 Å². The lowest BCUT2D eigenvalue weighted by molar-refractivity contribution is 0.252. The zero-order valence-electron chi connectivity index (χ0n) is 8.50. The molecule has 0 bridgehead atoms. The van der Waals surface area contributed by atoms with Crippen molar-refractivity contribution in [3.63, 3.8) is 0 Å². The van der Waals surface area contributed by atoms with E-state index in [0.29, 0.717) is 5.13 Å². The Hall–Kier alpha value is -1.19. The molecule has 0 spiro atoms. The number of rotatable bonds is 4. The van der Waals surface area contributed by atoms with Crippen molar-refractivity contribution < 1.29 is 13.2 Å². The number of anilines is 1. The van der Waals surface area contributed by atoms with Gasteiger partial charge >= 0.3 is 6.03 Å². The summed E-state index contributed by atoms with van der Waals surface area (Å²) in [4.78, 5) is 15.1. The van der Waals surface area contributed by atoms with Gasteiger partial charge in [-0.3, -0.25) is 5.32 Å². The molecule has 0 aromatic carbocycles.